The Morgan fingerprint density at radius 3 is 2.88 bits per heavy atom. The van der Waals surface area contributed by atoms with Gasteiger partial charge in [0, 0.05) is 11.8 Å². The van der Waals surface area contributed by atoms with Gasteiger partial charge in [-0.15, -0.1) is 10.8 Å². The van der Waals surface area contributed by atoms with E-state index in [9.17, 15) is 9.11 Å². The molecular weight excluding hydrogens is 340 g/mol. The first-order valence-electron chi connectivity index (χ1n) is 7.41. The minimum atomic E-state index is -2.81. The highest BCUT2D eigenvalue weighted by molar-refractivity contribution is 8.25. The summed E-state index contributed by atoms with van der Waals surface area (Å²) in [5.74, 6) is 0.599. The van der Waals surface area contributed by atoms with Crippen LogP contribution in [0.2, 0.25) is 0 Å². The van der Waals surface area contributed by atoms with Crippen molar-refractivity contribution in [1.29, 1.82) is 5.26 Å². The van der Waals surface area contributed by atoms with Crippen LogP contribution in [0, 0.1) is 11.3 Å². The number of ether oxygens (including phenoxy) is 1. The number of rotatable bonds is 2. The molecule has 25 heavy (non-hydrogen) atoms. The Kier molecular flexibility index (Phi) is 3.51. The zero-order chi connectivity index (χ0) is 17.6. The average molecular weight is 354 g/mol. The number of anilines is 1. The van der Waals surface area contributed by atoms with Gasteiger partial charge in [-0.3, -0.25) is 13.8 Å². The summed E-state index contributed by atoms with van der Waals surface area (Å²) in [7, 11) is -1.28. The smallest absolute Gasteiger partial charge is 0.222 e. The Morgan fingerprint density at radius 1 is 1.28 bits per heavy atom. The number of methoxy groups -OCH3 is 1. The fourth-order valence-corrected chi connectivity index (χ4v) is 4.23. The first-order chi connectivity index (χ1) is 12.0. The van der Waals surface area contributed by atoms with Crippen molar-refractivity contribution in [2.75, 3.05) is 11.8 Å². The summed E-state index contributed by atoms with van der Waals surface area (Å²) in [5, 5.41) is 9.86. The van der Waals surface area contributed by atoms with Crippen molar-refractivity contribution < 1.29 is 13.8 Å². The number of hydrogen-bond donors (Lipinski definition) is 3. The summed E-state index contributed by atoms with van der Waals surface area (Å²) in [6.45, 7) is 0. The lowest BCUT2D eigenvalue weighted by Crippen LogP contribution is -2.01. The third kappa shape index (κ3) is 2.64. The number of hydrogen-bond acceptors (Lipinski definition) is 7. The largest absolute Gasteiger partial charge is 0.481 e. The van der Waals surface area contributed by atoms with Crippen LogP contribution in [0.15, 0.2) is 36.5 Å². The SMILES string of the molecule is COc1ncc(-c2ccc3c(c2)CS(O)(O)N3)c2nc(C#N)ccc12. The molecule has 0 atom stereocenters. The summed E-state index contributed by atoms with van der Waals surface area (Å²) in [5.41, 5.74) is 4.03. The molecule has 3 N–H and O–H groups in total. The number of pyridine rings is 2. The van der Waals surface area contributed by atoms with E-state index in [4.69, 9.17) is 10.00 Å². The first kappa shape index (κ1) is 15.7. The van der Waals surface area contributed by atoms with Crippen molar-refractivity contribution in [3.05, 3.63) is 47.8 Å². The highest BCUT2D eigenvalue weighted by Gasteiger charge is 2.24. The van der Waals surface area contributed by atoms with E-state index >= 15 is 0 Å². The predicted octanol–water partition coefficient (Wildman–Crippen LogP) is 3.77. The van der Waals surface area contributed by atoms with E-state index in [1.165, 1.54) is 7.11 Å². The summed E-state index contributed by atoms with van der Waals surface area (Å²) in [6.07, 6.45) is 1.65. The van der Waals surface area contributed by atoms with E-state index in [1.54, 1.807) is 24.4 Å². The molecule has 126 valence electrons. The molecule has 0 aliphatic carbocycles. The molecule has 4 rings (SSSR count). The Balaban J connectivity index is 1.92. The van der Waals surface area contributed by atoms with Gasteiger partial charge in [0.05, 0.1) is 29.5 Å². The minimum Gasteiger partial charge on any atom is -0.481 e. The van der Waals surface area contributed by atoms with Crippen LogP contribution in [-0.4, -0.2) is 26.2 Å². The number of nitriles is 1. The molecule has 1 aliphatic rings. The van der Waals surface area contributed by atoms with E-state index < -0.39 is 10.8 Å². The van der Waals surface area contributed by atoms with Crippen LogP contribution in [-0.2, 0) is 5.75 Å². The Morgan fingerprint density at radius 2 is 2.12 bits per heavy atom. The van der Waals surface area contributed by atoms with Crippen molar-refractivity contribution in [1.82, 2.24) is 9.97 Å². The fraction of sp³-hybridized carbons (Fsp3) is 0.118. The molecule has 0 fully saturated rings. The highest BCUT2D eigenvalue weighted by atomic mass is 32.3. The van der Waals surface area contributed by atoms with Gasteiger partial charge in [-0.05, 0) is 35.4 Å². The lowest BCUT2D eigenvalue weighted by molar-refractivity contribution is 0.403. The standard InChI is InChI=1S/C17H14N4O3S/c1-24-17-13-4-3-12(7-18)20-16(13)14(8-19-17)10-2-5-15-11(6-10)9-25(22,23)21-15/h2-6,8,21-23H,9H2,1H3. The second kappa shape index (κ2) is 5.60. The van der Waals surface area contributed by atoms with Crippen molar-refractivity contribution in [2.45, 2.75) is 5.75 Å². The second-order valence-electron chi connectivity index (χ2n) is 5.67. The average Bonchev–Trinajstić information content (AvgIpc) is 2.93. The Bertz CT molecular complexity index is 1050. The normalized spacial score (nSPS) is 15.9. The molecule has 1 aliphatic heterocycles. The number of benzene rings is 1. The molecule has 0 unspecified atom stereocenters. The van der Waals surface area contributed by atoms with Crippen LogP contribution in [0.5, 0.6) is 5.88 Å². The van der Waals surface area contributed by atoms with Gasteiger partial charge in [-0.1, -0.05) is 6.07 Å². The first-order valence-corrected chi connectivity index (χ1v) is 9.13. The maximum Gasteiger partial charge on any atom is 0.222 e. The molecule has 7 nitrogen and oxygen atoms in total. The molecule has 0 spiro atoms. The Hall–Kier alpha value is -2.86. The number of fused-ring (bicyclic) bond motifs is 2. The van der Waals surface area contributed by atoms with Crippen LogP contribution in [0.25, 0.3) is 22.0 Å². The number of aromatic nitrogens is 2. The van der Waals surface area contributed by atoms with E-state index in [-0.39, 0.29) is 5.75 Å². The van der Waals surface area contributed by atoms with Gasteiger partial charge in [-0.2, -0.15) is 5.26 Å². The Labute approximate surface area is 145 Å². The molecule has 8 heteroatoms. The summed E-state index contributed by atoms with van der Waals surface area (Å²) in [4.78, 5) is 8.74. The maximum absolute atomic E-state index is 9.84. The topological polar surface area (TPSA) is 111 Å². The monoisotopic (exact) mass is 354 g/mol. The third-order valence-corrected chi connectivity index (χ3v) is 5.31. The fourth-order valence-electron chi connectivity index (χ4n) is 2.94. The molecule has 1 aromatic carbocycles. The number of nitrogens with one attached hydrogen (secondary N) is 1. The van der Waals surface area contributed by atoms with Gasteiger partial charge in [0.2, 0.25) is 5.88 Å². The molecule has 0 amide bonds. The van der Waals surface area contributed by atoms with Crippen LogP contribution in [0.1, 0.15) is 11.3 Å². The van der Waals surface area contributed by atoms with E-state index in [0.717, 1.165) is 16.7 Å². The zero-order valence-corrected chi connectivity index (χ0v) is 14.0. The van der Waals surface area contributed by atoms with Gasteiger partial charge >= 0.3 is 0 Å². The summed E-state index contributed by atoms with van der Waals surface area (Å²) < 4.78 is 27.7. The van der Waals surface area contributed by atoms with E-state index in [1.807, 2.05) is 18.2 Å². The molecule has 3 heterocycles. The van der Waals surface area contributed by atoms with Gasteiger partial charge in [-0.25, -0.2) is 9.97 Å². The maximum atomic E-state index is 9.84. The molecule has 0 bridgehead atoms. The van der Waals surface area contributed by atoms with Crippen LogP contribution in [0.3, 0.4) is 0 Å². The zero-order valence-electron chi connectivity index (χ0n) is 13.2. The van der Waals surface area contributed by atoms with E-state index in [2.05, 4.69) is 14.7 Å². The van der Waals surface area contributed by atoms with Crippen LogP contribution < -0.4 is 9.46 Å². The lowest BCUT2D eigenvalue weighted by atomic mass is 10.0. The molecular formula is C17H14N4O3S. The summed E-state index contributed by atoms with van der Waals surface area (Å²) >= 11 is 0. The van der Waals surface area contributed by atoms with Gasteiger partial charge in [0.25, 0.3) is 0 Å². The highest BCUT2D eigenvalue weighted by Crippen LogP contribution is 2.51. The van der Waals surface area contributed by atoms with Crippen LogP contribution >= 0.6 is 10.8 Å². The van der Waals surface area contributed by atoms with Gasteiger partial charge in [0.15, 0.2) is 0 Å². The summed E-state index contributed by atoms with van der Waals surface area (Å²) in [6, 6.07) is 11.0. The molecule has 3 aromatic rings. The second-order valence-corrected chi connectivity index (χ2v) is 7.50. The molecule has 0 saturated heterocycles. The van der Waals surface area contributed by atoms with Crippen molar-refractivity contribution in [3.8, 4) is 23.1 Å². The van der Waals surface area contributed by atoms with Gasteiger partial charge in [0.1, 0.15) is 11.8 Å². The van der Waals surface area contributed by atoms with Crippen molar-refractivity contribution in [2.24, 2.45) is 0 Å². The minimum absolute atomic E-state index is 0.161. The molecule has 0 saturated carbocycles. The predicted molar refractivity (Wildman–Crippen MR) is 96.4 cm³/mol. The van der Waals surface area contributed by atoms with Gasteiger partial charge < -0.3 is 4.74 Å². The molecule has 0 radical (unpaired) electrons. The third-order valence-electron chi connectivity index (χ3n) is 4.05. The van der Waals surface area contributed by atoms with Crippen LogP contribution in [0.4, 0.5) is 5.69 Å². The number of nitrogens with zero attached hydrogens (tertiary/aromatic N) is 3. The van der Waals surface area contributed by atoms with E-state index in [0.29, 0.717) is 28.2 Å². The quantitative estimate of drug-likeness (QED) is 0.642. The van der Waals surface area contributed by atoms with Crippen molar-refractivity contribution in [3.63, 3.8) is 0 Å². The molecule has 2 aromatic heterocycles. The van der Waals surface area contributed by atoms with Crippen molar-refractivity contribution >= 4 is 27.4 Å². The lowest BCUT2D eigenvalue weighted by Gasteiger charge is -2.26.